The van der Waals surface area contributed by atoms with E-state index < -0.39 is 18.2 Å². The van der Waals surface area contributed by atoms with E-state index in [4.69, 9.17) is 11.6 Å². The molecule has 1 aliphatic rings. The smallest absolute Gasteiger partial charge is 0.339 e. The van der Waals surface area contributed by atoms with Gasteiger partial charge in [0.25, 0.3) is 0 Å². The van der Waals surface area contributed by atoms with Gasteiger partial charge in [-0.25, -0.2) is 14.0 Å². The fourth-order valence-corrected chi connectivity index (χ4v) is 2.44. The number of anilines is 1. The molecule has 1 aromatic rings. The number of esters is 1. The summed E-state index contributed by atoms with van der Waals surface area (Å²) in [7, 11) is 1.26. The van der Waals surface area contributed by atoms with Crippen LogP contribution in [0.15, 0.2) is 18.2 Å². The van der Waals surface area contributed by atoms with E-state index in [0.29, 0.717) is 25.2 Å². The van der Waals surface area contributed by atoms with Crippen molar-refractivity contribution in [1.82, 2.24) is 10.6 Å². The first-order valence-electron chi connectivity index (χ1n) is 6.79. The van der Waals surface area contributed by atoms with E-state index in [2.05, 4.69) is 20.7 Å². The van der Waals surface area contributed by atoms with Gasteiger partial charge < -0.3 is 20.7 Å². The quantitative estimate of drug-likeness (QED) is 0.738. The predicted molar refractivity (Wildman–Crippen MR) is 81.1 cm³/mol. The van der Waals surface area contributed by atoms with Gasteiger partial charge in [-0.05, 0) is 24.6 Å². The number of hydrogen-bond acceptors (Lipinski definition) is 4. The summed E-state index contributed by atoms with van der Waals surface area (Å²) in [5, 5.41) is 8.40. The van der Waals surface area contributed by atoms with E-state index >= 15 is 0 Å². The number of rotatable bonds is 4. The van der Waals surface area contributed by atoms with Gasteiger partial charge in [-0.15, -0.1) is 0 Å². The number of methoxy groups -OCH3 is 1. The minimum atomic E-state index is -0.862. The molecule has 0 spiro atoms. The highest BCUT2D eigenvalue weighted by atomic mass is 35.5. The molecule has 8 heteroatoms. The first-order valence-corrected chi connectivity index (χ1v) is 7.17. The van der Waals surface area contributed by atoms with Crippen LogP contribution in [-0.2, 0) is 4.74 Å². The van der Waals surface area contributed by atoms with Crippen LogP contribution in [0, 0.1) is 0 Å². The van der Waals surface area contributed by atoms with E-state index in [1.54, 1.807) is 6.07 Å². The van der Waals surface area contributed by atoms with Crippen LogP contribution >= 0.6 is 11.6 Å². The lowest BCUT2D eigenvalue weighted by Crippen LogP contribution is -2.39. The minimum absolute atomic E-state index is 0.0639. The Bertz CT molecular complexity index is 570. The van der Waals surface area contributed by atoms with Gasteiger partial charge in [0.05, 0.1) is 17.7 Å². The third kappa shape index (κ3) is 4.32. The zero-order chi connectivity index (χ0) is 16.1. The van der Waals surface area contributed by atoms with Crippen LogP contribution in [0.1, 0.15) is 16.8 Å². The minimum Gasteiger partial charge on any atom is -0.465 e. The fourth-order valence-electron chi connectivity index (χ4n) is 2.18. The van der Waals surface area contributed by atoms with Crippen molar-refractivity contribution < 1.29 is 18.7 Å². The molecule has 2 amide bonds. The number of carbonyl (C=O) groups is 2. The Morgan fingerprint density at radius 1 is 1.50 bits per heavy atom. The van der Waals surface area contributed by atoms with Crippen LogP contribution < -0.4 is 16.0 Å². The summed E-state index contributed by atoms with van der Waals surface area (Å²) in [6.45, 7) is 0.652. The molecule has 1 heterocycles. The molecular weight excluding hydrogens is 313 g/mol. The van der Waals surface area contributed by atoms with Crippen molar-refractivity contribution in [2.45, 2.75) is 18.6 Å². The lowest BCUT2D eigenvalue weighted by molar-refractivity contribution is 0.0601. The SMILES string of the molecule is COC(=O)c1ccc(NC(=O)NC[C@@H]2C[C@H](F)CN2)cc1Cl. The normalized spacial score (nSPS) is 20.5. The third-order valence-electron chi connectivity index (χ3n) is 3.31. The number of nitrogens with one attached hydrogen (secondary N) is 3. The highest BCUT2D eigenvalue weighted by molar-refractivity contribution is 6.33. The van der Waals surface area contributed by atoms with Crippen LogP contribution in [0.2, 0.25) is 5.02 Å². The van der Waals surface area contributed by atoms with Crippen molar-refractivity contribution in [3.05, 3.63) is 28.8 Å². The number of ether oxygens (including phenoxy) is 1. The molecule has 0 aliphatic carbocycles. The Balaban J connectivity index is 1.86. The van der Waals surface area contributed by atoms with Crippen LogP contribution in [-0.4, -0.2) is 44.4 Å². The van der Waals surface area contributed by atoms with Crippen molar-refractivity contribution in [1.29, 1.82) is 0 Å². The molecule has 120 valence electrons. The lowest BCUT2D eigenvalue weighted by Gasteiger charge is -2.12. The van der Waals surface area contributed by atoms with Crippen molar-refractivity contribution in [3.8, 4) is 0 Å². The molecule has 22 heavy (non-hydrogen) atoms. The molecule has 0 saturated carbocycles. The molecule has 1 aliphatic heterocycles. The van der Waals surface area contributed by atoms with Gasteiger partial charge in [0.15, 0.2) is 0 Å². The molecule has 0 unspecified atom stereocenters. The van der Waals surface area contributed by atoms with E-state index in [1.165, 1.54) is 19.2 Å². The Kier molecular flexibility index (Phi) is 5.57. The Morgan fingerprint density at radius 3 is 2.86 bits per heavy atom. The number of amides is 2. The summed E-state index contributed by atoms with van der Waals surface area (Å²) in [4.78, 5) is 23.2. The van der Waals surface area contributed by atoms with Crippen LogP contribution in [0.3, 0.4) is 0 Å². The molecule has 1 aromatic carbocycles. The summed E-state index contributed by atoms with van der Waals surface area (Å²) < 4.78 is 17.6. The first-order chi connectivity index (χ1) is 10.5. The van der Waals surface area contributed by atoms with E-state index in [9.17, 15) is 14.0 Å². The number of urea groups is 1. The van der Waals surface area contributed by atoms with Gasteiger partial charge in [0, 0.05) is 24.8 Å². The van der Waals surface area contributed by atoms with E-state index in [-0.39, 0.29) is 16.6 Å². The number of halogens is 2. The Hall–Kier alpha value is -1.86. The van der Waals surface area contributed by atoms with Gasteiger partial charge in [0.1, 0.15) is 6.17 Å². The number of benzene rings is 1. The van der Waals surface area contributed by atoms with Crippen molar-refractivity contribution >= 4 is 29.3 Å². The molecule has 0 bridgehead atoms. The van der Waals surface area contributed by atoms with Gasteiger partial charge in [-0.3, -0.25) is 0 Å². The molecule has 2 atom stereocenters. The van der Waals surface area contributed by atoms with Crippen molar-refractivity contribution in [2.24, 2.45) is 0 Å². The summed E-state index contributed by atoms with van der Waals surface area (Å²) in [5.41, 5.74) is 0.664. The molecule has 3 N–H and O–H groups in total. The Labute approximate surface area is 132 Å². The van der Waals surface area contributed by atoms with E-state index in [0.717, 1.165) is 0 Å². The molecule has 0 aromatic heterocycles. The number of hydrogen-bond donors (Lipinski definition) is 3. The summed E-state index contributed by atoms with van der Waals surface area (Å²) in [6.07, 6.45) is -0.473. The summed E-state index contributed by atoms with van der Waals surface area (Å²) in [5.74, 6) is -0.547. The second kappa shape index (κ2) is 7.42. The van der Waals surface area contributed by atoms with Crippen LogP contribution in [0.25, 0.3) is 0 Å². The molecular formula is C14H17ClFN3O3. The maximum Gasteiger partial charge on any atom is 0.339 e. The maximum atomic E-state index is 13.0. The average Bonchev–Trinajstić information content (AvgIpc) is 2.90. The topological polar surface area (TPSA) is 79.5 Å². The largest absolute Gasteiger partial charge is 0.465 e. The van der Waals surface area contributed by atoms with Gasteiger partial charge >= 0.3 is 12.0 Å². The van der Waals surface area contributed by atoms with Crippen molar-refractivity contribution in [3.63, 3.8) is 0 Å². The highest BCUT2D eigenvalue weighted by Crippen LogP contribution is 2.21. The molecule has 1 fully saturated rings. The molecule has 1 saturated heterocycles. The second-order valence-electron chi connectivity index (χ2n) is 4.96. The fraction of sp³-hybridized carbons (Fsp3) is 0.429. The zero-order valence-corrected chi connectivity index (χ0v) is 12.7. The van der Waals surface area contributed by atoms with Crippen LogP contribution in [0.4, 0.5) is 14.9 Å². The molecule has 2 rings (SSSR count). The summed E-state index contributed by atoms with van der Waals surface area (Å²) in [6, 6.07) is 3.98. The zero-order valence-electron chi connectivity index (χ0n) is 12.0. The second-order valence-corrected chi connectivity index (χ2v) is 5.37. The standard InChI is InChI=1S/C14H17ClFN3O3/c1-22-13(20)11-3-2-9(5-12(11)15)19-14(21)18-7-10-4-8(16)6-17-10/h2-3,5,8,10,17H,4,6-7H2,1H3,(H2,18,19,21)/t8-,10-/m0/s1. The highest BCUT2D eigenvalue weighted by Gasteiger charge is 2.23. The van der Waals surface area contributed by atoms with Gasteiger partial charge in [0.2, 0.25) is 0 Å². The van der Waals surface area contributed by atoms with Crippen LogP contribution in [0.5, 0.6) is 0 Å². The monoisotopic (exact) mass is 329 g/mol. The molecule has 6 nitrogen and oxygen atoms in total. The maximum absolute atomic E-state index is 13.0. The van der Waals surface area contributed by atoms with Crippen molar-refractivity contribution in [2.75, 3.05) is 25.5 Å². The van der Waals surface area contributed by atoms with E-state index in [1.807, 2.05) is 0 Å². The number of alkyl halides is 1. The summed E-state index contributed by atoms with van der Waals surface area (Å²) >= 11 is 5.96. The average molecular weight is 330 g/mol. The molecule has 0 radical (unpaired) electrons. The lowest BCUT2D eigenvalue weighted by atomic mass is 10.2. The third-order valence-corrected chi connectivity index (χ3v) is 3.62. The number of carbonyl (C=O) groups excluding carboxylic acids is 2. The van der Waals surface area contributed by atoms with Gasteiger partial charge in [-0.2, -0.15) is 0 Å². The predicted octanol–water partition coefficient (Wildman–Crippen LogP) is 1.95. The first kappa shape index (κ1) is 16.5. The van der Waals surface area contributed by atoms with Gasteiger partial charge in [-0.1, -0.05) is 11.6 Å². The Morgan fingerprint density at radius 2 is 2.27 bits per heavy atom.